The van der Waals surface area contributed by atoms with Crippen molar-refractivity contribution in [3.63, 3.8) is 0 Å². The molecule has 0 aliphatic rings. The number of nitrogens with zero attached hydrogens (tertiary/aromatic N) is 3. The third-order valence-electron chi connectivity index (χ3n) is 4.79. The maximum absolute atomic E-state index is 13.4. The van der Waals surface area contributed by atoms with Crippen molar-refractivity contribution < 1.29 is 17.7 Å². The molecule has 0 bridgehead atoms. The largest absolute Gasteiger partial charge is 0.489 e. The smallest absolute Gasteiger partial charge is 0.264 e. The van der Waals surface area contributed by atoms with E-state index in [9.17, 15) is 8.42 Å². The Bertz CT molecular complexity index is 1090. The van der Waals surface area contributed by atoms with Gasteiger partial charge < -0.3 is 9.26 Å². The zero-order valence-corrected chi connectivity index (χ0v) is 18.7. The first kappa shape index (κ1) is 21.8. The lowest BCUT2D eigenvalue weighted by molar-refractivity contribution is 0.301. The van der Waals surface area contributed by atoms with Gasteiger partial charge in [-0.15, -0.1) is 0 Å². The van der Waals surface area contributed by atoms with Crippen LogP contribution in [-0.4, -0.2) is 25.1 Å². The van der Waals surface area contributed by atoms with E-state index >= 15 is 0 Å². The fraction of sp³-hybridized carbons (Fsp3) is 0.364. The topological polar surface area (TPSA) is 85.5 Å². The molecule has 0 spiro atoms. The van der Waals surface area contributed by atoms with E-state index in [0.29, 0.717) is 30.3 Å². The summed E-state index contributed by atoms with van der Waals surface area (Å²) < 4.78 is 39.2. The van der Waals surface area contributed by atoms with Gasteiger partial charge in [0.2, 0.25) is 0 Å². The molecule has 0 fully saturated rings. The van der Waals surface area contributed by atoms with Gasteiger partial charge in [0, 0.05) is 12.7 Å². The number of sulfonamides is 1. The molecule has 0 unspecified atom stereocenters. The van der Waals surface area contributed by atoms with Gasteiger partial charge in [0.15, 0.2) is 0 Å². The summed E-state index contributed by atoms with van der Waals surface area (Å²) in [6.07, 6.45) is 3.25. The van der Waals surface area contributed by atoms with Crippen LogP contribution in [0.1, 0.15) is 36.4 Å². The highest BCUT2D eigenvalue weighted by atomic mass is 32.2. The first-order valence-corrected chi connectivity index (χ1v) is 11.2. The van der Waals surface area contributed by atoms with Crippen LogP contribution in [0.25, 0.3) is 0 Å². The number of pyridine rings is 1. The van der Waals surface area contributed by atoms with E-state index in [2.05, 4.69) is 10.1 Å². The number of aromatic nitrogens is 2. The molecule has 2 aromatic heterocycles. The third kappa shape index (κ3) is 4.64. The van der Waals surface area contributed by atoms with E-state index in [0.717, 1.165) is 16.8 Å². The average molecular weight is 430 g/mol. The Morgan fingerprint density at radius 2 is 1.80 bits per heavy atom. The van der Waals surface area contributed by atoms with Crippen LogP contribution in [0, 0.1) is 26.7 Å². The quantitative estimate of drug-likeness (QED) is 0.527. The molecule has 0 atom stereocenters. The van der Waals surface area contributed by atoms with E-state index in [1.54, 1.807) is 36.7 Å². The van der Waals surface area contributed by atoms with Crippen LogP contribution >= 0.6 is 0 Å². The molecule has 3 aromatic rings. The van der Waals surface area contributed by atoms with Crippen LogP contribution in [0.3, 0.4) is 0 Å². The highest BCUT2D eigenvalue weighted by molar-refractivity contribution is 7.92. The minimum atomic E-state index is -3.75. The lowest BCUT2D eigenvalue weighted by Gasteiger charge is -2.27. The molecular formula is C22H27N3O4S. The molecule has 0 saturated carbocycles. The summed E-state index contributed by atoms with van der Waals surface area (Å²) in [6, 6.07) is 8.27. The summed E-state index contributed by atoms with van der Waals surface area (Å²) in [7, 11) is -3.75. The molecule has 0 aliphatic carbocycles. The van der Waals surface area contributed by atoms with Gasteiger partial charge in [0.05, 0.1) is 28.0 Å². The van der Waals surface area contributed by atoms with Gasteiger partial charge in [0.1, 0.15) is 18.1 Å². The van der Waals surface area contributed by atoms with Crippen molar-refractivity contribution in [2.75, 3.05) is 10.8 Å². The Kier molecular flexibility index (Phi) is 6.45. The molecule has 1 aromatic carbocycles. The van der Waals surface area contributed by atoms with Crippen molar-refractivity contribution >= 4 is 15.7 Å². The lowest BCUT2D eigenvalue weighted by atomic mass is 10.2. The highest BCUT2D eigenvalue weighted by Crippen LogP contribution is 2.28. The number of hydrogen-bond donors (Lipinski definition) is 0. The minimum absolute atomic E-state index is 0.150. The van der Waals surface area contributed by atoms with Crippen molar-refractivity contribution in [1.82, 2.24) is 10.1 Å². The second-order valence-electron chi connectivity index (χ2n) is 7.65. The van der Waals surface area contributed by atoms with E-state index in [1.807, 2.05) is 40.7 Å². The minimum Gasteiger partial charge on any atom is -0.489 e. The van der Waals surface area contributed by atoms with Crippen LogP contribution in [0.5, 0.6) is 5.75 Å². The van der Waals surface area contributed by atoms with Crippen molar-refractivity contribution in [3.05, 3.63) is 65.3 Å². The summed E-state index contributed by atoms with van der Waals surface area (Å²) in [6.45, 7) is 10.2. The van der Waals surface area contributed by atoms with Gasteiger partial charge in [-0.05, 0) is 62.6 Å². The number of benzene rings is 1. The maximum atomic E-state index is 13.4. The van der Waals surface area contributed by atoms with Crippen LogP contribution in [-0.2, 0) is 16.6 Å². The Balaban J connectivity index is 1.84. The van der Waals surface area contributed by atoms with E-state index in [-0.39, 0.29) is 10.8 Å². The van der Waals surface area contributed by atoms with Crippen molar-refractivity contribution in [3.8, 4) is 5.75 Å². The van der Waals surface area contributed by atoms with Gasteiger partial charge in [-0.1, -0.05) is 19.0 Å². The monoisotopic (exact) mass is 429 g/mol. The highest BCUT2D eigenvalue weighted by Gasteiger charge is 2.27. The first-order chi connectivity index (χ1) is 14.2. The first-order valence-electron chi connectivity index (χ1n) is 9.78. The number of rotatable bonds is 8. The van der Waals surface area contributed by atoms with Crippen molar-refractivity contribution in [2.24, 2.45) is 5.92 Å². The van der Waals surface area contributed by atoms with Gasteiger partial charge in [-0.2, -0.15) is 0 Å². The molecular weight excluding hydrogens is 402 g/mol. The summed E-state index contributed by atoms with van der Waals surface area (Å²) in [5, 5.41) is 3.91. The lowest BCUT2D eigenvalue weighted by Crippen LogP contribution is -2.34. The number of anilines is 1. The molecule has 0 amide bonds. The van der Waals surface area contributed by atoms with Crippen LogP contribution in [0.4, 0.5) is 5.69 Å². The molecule has 0 saturated heterocycles. The Morgan fingerprint density at radius 1 is 1.10 bits per heavy atom. The SMILES string of the molecule is Cc1ccncc1N(CC(C)C)S(=O)(=O)c1ccc(OCc2c(C)noc2C)cc1. The van der Waals surface area contributed by atoms with E-state index < -0.39 is 10.0 Å². The summed E-state index contributed by atoms with van der Waals surface area (Å²) in [4.78, 5) is 4.32. The normalized spacial score (nSPS) is 11.7. The van der Waals surface area contributed by atoms with Gasteiger partial charge in [-0.3, -0.25) is 9.29 Å². The van der Waals surface area contributed by atoms with E-state index in [4.69, 9.17) is 9.26 Å². The third-order valence-corrected chi connectivity index (χ3v) is 6.58. The van der Waals surface area contributed by atoms with Crippen LogP contribution < -0.4 is 9.04 Å². The van der Waals surface area contributed by atoms with Gasteiger partial charge in [0.25, 0.3) is 10.0 Å². The van der Waals surface area contributed by atoms with Gasteiger partial charge in [-0.25, -0.2) is 8.42 Å². The van der Waals surface area contributed by atoms with Gasteiger partial charge >= 0.3 is 0 Å². The van der Waals surface area contributed by atoms with Crippen LogP contribution in [0.15, 0.2) is 52.1 Å². The molecule has 8 heteroatoms. The Morgan fingerprint density at radius 3 is 2.37 bits per heavy atom. The molecule has 7 nitrogen and oxygen atoms in total. The second kappa shape index (κ2) is 8.87. The fourth-order valence-corrected chi connectivity index (χ4v) is 4.75. The molecule has 0 radical (unpaired) electrons. The molecule has 30 heavy (non-hydrogen) atoms. The number of aryl methyl sites for hydroxylation is 3. The van der Waals surface area contributed by atoms with E-state index in [1.165, 1.54) is 4.31 Å². The zero-order valence-electron chi connectivity index (χ0n) is 17.9. The Labute approximate surface area is 177 Å². The second-order valence-corrected chi connectivity index (χ2v) is 9.52. The van der Waals surface area contributed by atoms with Crippen molar-refractivity contribution in [1.29, 1.82) is 0 Å². The molecule has 2 heterocycles. The standard InChI is InChI=1S/C22H27N3O4S/c1-15(2)13-25(22-12-23-11-10-16(22)3)30(26,27)20-8-6-19(7-9-20)28-14-21-17(4)24-29-18(21)5/h6-12,15H,13-14H2,1-5H3. The van der Waals surface area contributed by atoms with Crippen molar-refractivity contribution in [2.45, 2.75) is 46.1 Å². The molecule has 160 valence electrons. The average Bonchev–Trinajstić information content (AvgIpc) is 3.03. The summed E-state index contributed by atoms with van der Waals surface area (Å²) in [5.74, 6) is 1.43. The predicted octanol–water partition coefficient (Wildman–Crippen LogP) is 4.43. The summed E-state index contributed by atoms with van der Waals surface area (Å²) >= 11 is 0. The predicted molar refractivity (Wildman–Crippen MR) is 115 cm³/mol. The number of hydrogen-bond acceptors (Lipinski definition) is 6. The zero-order chi connectivity index (χ0) is 21.9. The maximum Gasteiger partial charge on any atom is 0.264 e. The number of ether oxygens (including phenoxy) is 1. The van der Waals surface area contributed by atoms with Crippen LogP contribution in [0.2, 0.25) is 0 Å². The Hall–Kier alpha value is -2.87. The molecule has 0 aliphatic heterocycles. The summed E-state index contributed by atoms with van der Waals surface area (Å²) in [5.41, 5.74) is 3.11. The molecule has 0 N–H and O–H groups in total. The molecule has 3 rings (SSSR count). The fourth-order valence-electron chi connectivity index (χ4n) is 3.07.